The fourth-order valence-electron chi connectivity index (χ4n) is 1.79. The highest BCUT2D eigenvalue weighted by atomic mass is 79.9. The van der Waals surface area contributed by atoms with Crippen molar-refractivity contribution < 1.29 is 9.90 Å². The summed E-state index contributed by atoms with van der Waals surface area (Å²) in [5, 5.41) is 8.95. The van der Waals surface area contributed by atoms with Crippen molar-refractivity contribution >= 4 is 21.9 Å². The highest BCUT2D eigenvalue weighted by Gasteiger charge is 2.13. The van der Waals surface area contributed by atoms with Crippen LogP contribution in [0.15, 0.2) is 46.1 Å². The van der Waals surface area contributed by atoms with Gasteiger partial charge >= 0.3 is 5.97 Å². The molecule has 0 aliphatic rings. The van der Waals surface area contributed by atoms with E-state index in [-0.39, 0.29) is 5.56 Å². The topological polar surface area (TPSA) is 72.2 Å². The fraction of sp³-hybridized carbons (Fsp3) is 0.214. The first-order chi connectivity index (χ1) is 9.49. The minimum absolute atomic E-state index is 0.150. The molecule has 104 valence electrons. The molecule has 0 aliphatic heterocycles. The van der Waals surface area contributed by atoms with E-state index in [0.29, 0.717) is 11.0 Å². The molecule has 2 rings (SSSR count). The molecule has 1 aromatic heterocycles. The Morgan fingerprint density at radius 2 is 2.05 bits per heavy atom. The van der Waals surface area contributed by atoms with E-state index in [1.807, 2.05) is 12.1 Å². The van der Waals surface area contributed by atoms with Gasteiger partial charge in [0.2, 0.25) is 0 Å². The van der Waals surface area contributed by atoms with Crippen molar-refractivity contribution in [2.45, 2.75) is 19.4 Å². The Morgan fingerprint density at radius 3 is 2.65 bits per heavy atom. The Bertz CT molecular complexity index is 680. The number of aliphatic carboxylic acids is 1. The summed E-state index contributed by atoms with van der Waals surface area (Å²) in [6.45, 7) is 2.03. The average Bonchev–Trinajstić information content (AvgIpc) is 2.44. The number of aromatic nitrogens is 2. The lowest BCUT2D eigenvalue weighted by atomic mass is 10.00. The van der Waals surface area contributed by atoms with Crippen LogP contribution in [0.4, 0.5) is 0 Å². The molecule has 1 atom stereocenters. The zero-order valence-corrected chi connectivity index (χ0v) is 12.4. The van der Waals surface area contributed by atoms with Crippen LogP contribution in [0.25, 0.3) is 0 Å². The molecule has 6 heteroatoms. The monoisotopic (exact) mass is 336 g/mol. The summed E-state index contributed by atoms with van der Waals surface area (Å²) in [5.41, 5.74) is 1.50. The molecule has 0 radical (unpaired) electrons. The molecule has 1 unspecified atom stereocenters. The third kappa shape index (κ3) is 3.14. The third-order valence-corrected chi connectivity index (χ3v) is 3.61. The molecular formula is C14H13BrN2O3. The molecule has 0 saturated heterocycles. The number of nitrogens with zero attached hydrogens (tertiary/aromatic N) is 2. The predicted molar refractivity (Wildman–Crippen MR) is 77.8 cm³/mol. The van der Waals surface area contributed by atoms with Gasteiger partial charge in [0.25, 0.3) is 5.56 Å². The van der Waals surface area contributed by atoms with Gasteiger partial charge in [0.1, 0.15) is 4.47 Å². The maximum atomic E-state index is 11.8. The second-order valence-corrected chi connectivity index (χ2v) is 5.33. The van der Waals surface area contributed by atoms with Gasteiger partial charge in [-0.2, -0.15) is 0 Å². The van der Waals surface area contributed by atoms with Crippen LogP contribution in [-0.2, 0) is 11.3 Å². The van der Waals surface area contributed by atoms with Crippen molar-refractivity contribution in [3.8, 4) is 0 Å². The van der Waals surface area contributed by atoms with Crippen LogP contribution in [0.5, 0.6) is 0 Å². The molecule has 5 nitrogen and oxygen atoms in total. The maximum Gasteiger partial charge on any atom is 0.310 e. The number of hydrogen-bond donors (Lipinski definition) is 1. The maximum absolute atomic E-state index is 11.8. The van der Waals surface area contributed by atoms with Crippen LogP contribution in [0.2, 0.25) is 0 Å². The number of benzene rings is 1. The number of carboxylic acids is 1. The Balaban J connectivity index is 2.21. The van der Waals surface area contributed by atoms with E-state index in [1.165, 1.54) is 17.1 Å². The van der Waals surface area contributed by atoms with Crippen molar-refractivity contribution in [1.82, 2.24) is 9.55 Å². The standard InChI is InChI=1S/C14H13BrN2O3/c1-9(14(19)20)11-4-2-10(3-5-11)7-17-8-16-6-12(15)13(17)18/h2-6,8-9H,7H2,1H3,(H,19,20). The smallest absolute Gasteiger partial charge is 0.310 e. The molecule has 20 heavy (non-hydrogen) atoms. The van der Waals surface area contributed by atoms with E-state index in [1.54, 1.807) is 19.1 Å². The third-order valence-electron chi connectivity index (χ3n) is 3.06. The molecule has 1 N–H and O–H groups in total. The van der Waals surface area contributed by atoms with Crippen molar-refractivity contribution in [1.29, 1.82) is 0 Å². The average molecular weight is 337 g/mol. The van der Waals surface area contributed by atoms with Crippen molar-refractivity contribution in [3.63, 3.8) is 0 Å². The molecule has 1 aromatic carbocycles. The van der Waals surface area contributed by atoms with Gasteiger partial charge in [-0.05, 0) is 34.0 Å². The van der Waals surface area contributed by atoms with E-state index in [4.69, 9.17) is 5.11 Å². The van der Waals surface area contributed by atoms with Crippen LogP contribution < -0.4 is 5.56 Å². The Hall–Kier alpha value is -1.95. The van der Waals surface area contributed by atoms with Gasteiger partial charge in [0, 0.05) is 6.20 Å². The molecule has 0 aliphatic carbocycles. The highest BCUT2D eigenvalue weighted by Crippen LogP contribution is 2.16. The normalized spacial score (nSPS) is 12.1. The van der Waals surface area contributed by atoms with Gasteiger partial charge < -0.3 is 5.11 Å². The minimum Gasteiger partial charge on any atom is -0.481 e. The summed E-state index contributed by atoms with van der Waals surface area (Å²) in [6.07, 6.45) is 2.93. The second kappa shape index (κ2) is 6.00. The number of carboxylic acid groups (broad SMARTS) is 1. The zero-order valence-electron chi connectivity index (χ0n) is 10.8. The summed E-state index contributed by atoms with van der Waals surface area (Å²) < 4.78 is 1.90. The highest BCUT2D eigenvalue weighted by molar-refractivity contribution is 9.10. The van der Waals surface area contributed by atoms with Crippen molar-refractivity contribution in [2.75, 3.05) is 0 Å². The van der Waals surface area contributed by atoms with E-state index in [2.05, 4.69) is 20.9 Å². The first-order valence-electron chi connectivity index (χ1n) is 6.00. The van der Waals surface area contributed by atoms with Crippen LogP contribution >= 0.6 is 15.9 Å². The SMILES string of the molecule is CC(C(=O)O)c1ccc(Cn2cncc(Br)c2=O)cc1. The Labute approximate surface area is 124 Å². The van der Waals surface area contributed by atoms with E-state index >= 15 is 0 Å². The Morgan fingerprint density at radius 1 is 1.40 bits per heavy atom. The molecular weight excluding hydrogens is 324 g/mol. The largest absolute Gasteiger partial charge is 0.481 e. The van der Waals surface area contributed by atoms with E-state index < -0.39 is 11.9 Å². The van der Waals surface area contributed by atoms with Crippen molar-refractivity contribution in [2.24, 2.45) is 0 Å². The van der Waals surface area contributed by atoms with Gasteiger partial charge in [0.15, 0.2) is 0 Å². The van der Waals surface area contributed by atoms with Crippen LogP contribution in [0.1, 0.15) is 24.0 Å². The van der Waals surface area contributed by atoms with Gasteiger partial charge in [-0.1, -0.05) is 24.3 Å². The van der Waals surface area contributed by atoms with Gasteiger partial charge in [0.05, 0.1) is 18.8 Å². The Kier molecular flexibility index (Phi) is 4.34. The zero-order chi connectivity index (χ0) is 14.7. The van der Waals surface area contributed by atoms with Crippen LogP contribution in [0.3, 0.4) is 0 Å². The lowest BCUT2D eigenvalue weighted by Gasteiger charge is -2.09. The van der Waals surface area contributed by atoms with Gasteiger partial charge in [-0.15, -0.1) is 0 Å². The molecule has 2 aromatic rings. The minimum atomic E-state index is -0.856. The summed E-state index contributed by atoms with van der Waals surface area (Å²) in [7, 11) is 0. The van der Waals surface area contributed by atoms with E-state index in [0.717, 1.165) is 11.1 Å². The fourth-order valence-corrected chi connectivity index (χ4v) is 2.13. The van der Waals surface area contributed by atoms with Gasteiger partial charge in [-0.25, -0.2) is 4.98 Å². The van der Waals surface area contributed by atoms with Crippen LogP contribution in [0, 0.1) is 0 Å². The molecule has 0 bridgehead atoms. The predicted octanol–water partition coefficient (Wildman–Crippen LogP) is 2.24. The first kappa shape index (κ1) is 14.5. The summed E-state index contributed by atoms with van der Waals surface area (Å²) in [5.74, 6) is -1.40. The lowest BCUT2D eigenvalue weighted by Crippen LogP contribution is -2.21. The summed E-state index contributed by atoms with van der Waals surface area (Å²) in [6, 6.07) is 7.18. The number of hydrogen-bond acceptors (Lipinski definition) is 3. The molecule has 0 fully saturated rings. The number of halogens is 1. The quantitative estimate of drug-likeness (QED) is 0.929. The summed E-state index contributed by atoms with van der Waals surface area (Å²) >= 11 is 3.14. The first-order valence-corrected chi connectivity index (χ1v) is 6.80. The van der Waals surface area contributed by atoms with Crippen molar-refractivity contribution in [3.05, 3.63) is 62.7 Å². The lowest BCUT2D eigenvalue weighted by molar-refractivity contribution is -0.138. The molecule has 1 heterocycles. The van der Waals surface area contributed by atoms with Gasteiger partial charge in [-0.3, -0.25) is 14.2 Å². The van der Waals surface area contributed by atoms with E-state index in [9.17, 15) is 9.59 Å². The number of rotatable bonds is 4. The second-order valence-electron chi connectivity index (χ2n) is 4.48. The molecule has 0 amide bonds. The number of carbonyl (C=O) groups is 1. The molecule has 0 saturated carbocycles. The summed E-state index contributed by atoms with van der Waals surface area (Å²) in [4.78, 5) is 26.7. The molecule has 0 spiro atoms. The van der Waals surface area contributed by atoms with Crippen LogP contribution in [-0.4, -0.2) is 20.6 Å².